The predicted molar refractivity (Wildman–Crippen MR) is 61.1 cm³/mol. The number of benzene rings is 1. The van der Waals surface area contributed by atoms with Gasteiger partial charge in [0, 0.05) is 19.2 Å². The summed E-state index contributed by atoms with van der Waals surface area (Å²) < 4.78 is 26.0. The molecule has 0 aromatic heterocycles. The largest absolute Gasteiger partial charge is 0.387 e. The van der Waals surface area contributed by atoms with E-state index in [0.29, 0.717) is 25.6 Å². The quantitative estimate of drug-likeness (QED) is 0.734. The molecule has 1 atom stereocenters. The molecule has 18 heavy (non-hydrogen) atoms. The Labute approximate surface area is 103 Å². The fourth-order valence-electron chi connectivity index (χ4n) is 1.90. The lowest BCUT2D eigenvalue weighted by Gasteiger charge is -2.21. The molecule has 1 heterocycles. The zero-order valence-corrected chi connectivity index (χ0v) is 9.67. The van der Waals surface area contributed by atoms with Crippen LogP contribution in [0.4, 0.5) is 8.78 Å². The molecule has 1 saturated heterocycles. The van der Waals surface area contributed by atoms with Crippen molar-refractivity contribution < 1.29 is 18.7 Å². The first-order valence-electron chi connectivity index (χ1n) is 5.67. The number of carbonyl (C=O) groups is 1. The zero-order chi connectivity index (χ0) is 13.2. The van der Waals surface area contributed by atoms with Gasteiger partial charge in [0.05, 0.1) is 11.2 Å². The number of hydrogen-bond acceptors (Lipinski definition) is 3. The second-order valence-corrected chi connectivity index (χ2v) is 4.46. The Balaban J connectivity index is 1.99. The molecule has 1 fully saturated rings. The van der Waals surface area contributed by atoms with E-state index in [9.17, 15) is 18.7 Å². The van der Waals surface area contributed by atoms with Gasteiger partial charge in [-0.25, -0.2) is 8.78 Å². The third kappa shape index (κ3) is 2.83. The fraction of sp³-hybridized carbons (Fsp3) is 0.417. The van der Waals surface area contributed by atoms with Crippen LogP contribution >= 0.6 is 0 Å². The Morgan fingerprint density at radius 3 is 2.89 bits per heavy atom. The number of carbonyl (C=O) groups excluding carboxylic acids is 1. The van der Waals surface area contributed by atoms with E-state index in [4.69, 9.17) is 0 Å². The maximum absolute atomic E-state index is 13.3. The van der Waals surface area contributed by atoms with Gasteiger partial charge in [0.2, 0.25) is 0 Å². The molecule has 98 valence electrons. The Morgan fingerprint density at radius 2 is 2.28 bits per heavy atom. The Morgan fingerprint density at radius 1 is 1.50 bits per heavy atom. The van der Waals surface area contributed by atoms with Crippen molar-refractivity contribution in [2.45, 2.75) is 12.0 Å². The fourth-order valence-corrected chi connectivity index (χ4v) is 1.90. The highest BCUT2D eigenvalue weighted by molar-refractivity contribution is 5.94. The molecule has 1 aromatic rings. The van der Waals surface area contributed by atoms with Gasteiger partial charge in [0.1, 0.15) is 11.6 Å². The van der Waals surface area contributed by atoms with Gasteiger partial charge in [-0.15, -0.1) is 0 Å². The molecule has 0 aliphatic carbocycles. The summed E-state index contributed by atoms with van der Waals surface area (Å²) in [6.07, 6.45) is 0.527. The van der Waals surface area contributed by atoms with Gasteiger partial charge in [0.25, 0.3) is 5.91 Å². The predicted octanol–water partition coefficient (Wildman–Crippen LogP) is 0.419. The third-order valence-corrected chi connectivity index (χ3v) is 2.97. The van der Waals surface area contributed by atoms with E-state index < -0.39 is 23.1 Å². The van der Waals surface area contributed by atoms with Gasteiger partial charge < -0.3 is 15.7 Å². The van der Waals surface area contributed by atoms with E-state index in [1.807, 2.05) is 0 Å². The number of β-amino-alcohol motifs (C(OH)–C–C–N with tert-alkyl or cyclic N) is 1. The van der Waals surface area contributed by atoms with Crippen LogP contribution in [-0.4, -0.2) is 36.2 Å². The van der Waals surface area contributed by atoms with Crippen molar-refractivity contribution >= 4 is 5.91 Å². The number of halogens is 2. The molecular formula is C12H14F2N2O2. The molecule has 6 heteroatoms. The average Bonchev–Trinajstić information content (AvgIpc) is 2.74. The van der Waals surface area contributed by atoms with E-state index in [0.717, 1.165) is 12.1 Å². The molecule has 4 nitrogen and oxygen atoms in total. The van der Waals surface area contributed by atoms with E-state index in [-0.39, 0.29) is 12.1 Å². The molecule has 0 spiro atoms. The lowest BCUT2D eigenvalue weighted by molar-refractivity contribution is 0.0560. The van der Waals surface area contributed by atoms with Gasteiger partial charge in [-0.3, -0.25) is 4.79 Å². The van der Waals surface area contributed by atoms with Crippen LogP contribution in [0.1, 0.15) is 16.8 Å². The van der Waals surface area contributed by atoms with Crippen LogP contribution in [-0.2, 0) is 0 Å². The number of rotatable bonds is 3. The monoisotopic (exact) mass is 256 g/mol. The van der Waals surface area contributed by atoms with E-state index >= 15 is 0 Å². The molecule has 1 aliphatic heterocycles. The van der Waals surface area contributed by atoms with E-state index in [1.54, 1.807) is 0 Å². The molecule has 1 amide bonds. The van der Waals surface area contributed by atoms with E-state index in [2.05, 4.69) is 10.6 Å². The first-order valence-corrected chi connectivity index (χ1v) is 5.67. The molecule has 1 unspecified atom stereocenters. The average molecular weight is 256 g/mol. The van der Waals surface area contributed by atoms with Crippen molar-refractivity contribution in [1.29, 1.82) is 0 Å². The summed E-state index contributed by atoms with van der Waals surface area (Å²) in [5.74, 6) is -2.31. The molecule has 0 radical (unpaired) electrons. The first kappa shape index (κ1) is 12.9. The highest BCUT2D eigenvalue weighted by atomic mass is 19.1. The molecular weight excluding hydrogens is 242 g/mol. The van der Waals surface area contributed by atoms with Crippen molar-refractivity contribution in [3.8, 4) is 0 Å². The standard InChI is InChI=1S/C12H14F2N2O2/c13-8-1-2-9(10(14)5-8)11(17)16-7-12(18)3-4-15-6-12/h1-2,5,15,18H,3-4,6-7H2,(H,16,17). The lowest BCUT2D eigenvalue weighted by atomic mass is 10.0. The Bertz CT molecular complexity index is 459. The van der Waals surface area contributed by atoms with Crippen LogP contribution in [0.25, 0.3) is 0 Å². The highest BCUT2D eigenvalue weighted by Gasteiger charge is 2.31. The molecule has 3 N–H and O–H groups in total. The zero-order valence-electron chi connectivity index (χ0n) is 9.67. The van der Waals surface area contributed by atoms with Gasteiger partial charge in [-0.2, -0.15) is 0 Å². The van der Waals surface area contributed by atoms with Crippen molar-refractivity contribution in [3.05, 3.63) is 35.4 Å². The molecule has 0 saturated carbocycles. The van der Waals surface area contributed by atoms with Gasteiger partial charge in [0.15, 0.2) is 0 Å². The highest BCUT2D eigenvalue weighted by Crippen LogP contribution is 2.14. The number of hydrogen-bond donors (Lipinski definition) is 3. The smallest absolute Gasteiger partial charge is 0.254 e. The summed E-state index contributed by atoms with van der Waals surface area (Å²) in [6, 6.07) is 2.75. The van der Waals surface area contributed by atoms with Crippen molar-refractivity contribution in [1.82, 2.24) is 10.6 Å². The second-order valence-electron chi connectivity index (χ2n) is 4.46. The number of amides is 1. The lowest BCUT2D eigenvalue weighted by Crippen LogP contribution is -2.44. The van der Waals surface area contributed by atoms with Gasteiger partial charge in [-0.05, 0) is 25.1 Å². The normalized spacial score (nSPS) is 23.1. The molecule has 1 aliphatic rings. The van der Waals surface area contributed by atoms with Crippen molar-refractivity contribution in [2.75, 3.05) is 19.6 Å². The Kier molecular flexibility index (Phi) is 3.58. The maximum Gasteiger partial charge on any atom is 0.254 e. The van der Waals surface area contributed by atoms with Crippen molar-refractivity contribution in [2.24, 2.45) is 0 Å². The summed E-state index contributed by atoms with van der Waals surface area (Å²) in [5.41, 5.74) is -1.22. The summed E-state index contributed by atoms with van der Waals surface area (Å²) in [5, 5.41) is 15.4. The number of nitrogens with one attached hydrogen (secondary N) is 2. The SMILES string of the molecule is O=C(NCC1(O)CCNC1)c1ccc(F)cc1F. The third-order valence-electron chi connectivity index (χ3n) is 2.97. The van der Waals surface area contributed by atoms with Gasteiger partial charge >= 0.3 is 0 Å². The topological polar surface area (TPSA) is 61.4 Å². The minimum Gasteiger partial charge on any atom is -0.387 e. The molecule has 0 bridgehead atoms. The van der Waals surface area contributed by atoms with Crippen LogP contribution in [0.5, 0.6) is 0 Å². The molecule has 2 rings (SSSR count). The minimum atomic E-state index is -0.994. The summed E-state index contributed by atoms with van der Waals surface area (Å²) in [7, 11) is 0. The summed E-state index contributed by atoms with van der Waals surface area (Å²) in [4.78, 5) is 11.7. The summed E-state index contributed by atoms with van der Waals surface area (Å²) in [6.45, 7) is 1.10. The van der Waals surface area contributed by atoms with Crippen LogP contribution in [0.3, 0.4) is 0 Å². The maximum atomic E-state index is 13.3. The van der Waals surface area contributed by atoms with E-state index in [1.165, 1.54) is 0 Å². The summed E-state index contributed by atoms with van der Waals surface area (Å²) >= 11 is 0. The first-order chi connectivity index (χ1) is 8.50. The van der Waals surface area contributed by atoms with Crippen LogP contribution in [0, 0.1) is 11.6 Å². The van der Waals surface area contributed by atoms with Crippen LogP contribution in [0.15, 0.2) is 18.2 Å². The number of aliphatic hydroxyl groups is 1. The van der Waals surface area contributed by atoms with Crippen molar-refractivity contribution in [3.63, 3.8) is 0 Å². The molecule has 1 aromatic carbocycles. The van der Waals surface area contributed by atoms with Gasteiger partial charge in [-0.1, -0.05) is 0 Å². The Hall–Kier alpha value is -1.53. The van der Waals surface area contributed by atoms with Crippen LogP contribution in [0.2, 0.25) is 0 Å². The minimum absolute atomic E-state index is 0.0374. The van der Waals surface area contributed by atoms with Crippen LogP contribution < -0.4 is 10.6 Å². The second kappa shape index (κ2) is 4.99.